The molecule has 0 atom stereocenters. The van der Waals surface area contributed by atoms with Crippen molar-refractivity contribution in [2.75, 3.05) is 4.90 Å². The van der Waals surface area contributed by atoms with Crippen molar-refractivity contribution in [3.8, 4) is 0 Å². The molecule has 1 aliphatic rings. The van der Waals surface area contributed by atoms with E-state index in [1.807, 2.05) is 20.8 Å². The number of amides is 2. The number of anilines is 1. The van der Waals surface area contributed by atoms with Gasteiger partial charge >= 0.3 is 0 Å². The second-order valence-electron chi connectivity index (χ2n) is 6.25. The number of halogens is 2. The average molecular weight is 406 g/mol. The molecule has 134 valence electrons. The molecule has 0 fully saturated rings. The molecule has 0 saturated carbocycles. The Morgan fingerprint density at radius 1 is 0.923 bits per heavy atom. The highest BCUT2D eigenvalue weighted by Crippen LogP contribution is 2.41. The first-order chi connectivity index (χ1) is 12.3. The molecule has 26 heavy (non-hydrogen) atoms. The van der Waals surface area contributed by atoms with Gasteiger partial charge < -0.3 is 0 Å². The van der Waals surface area contributed by atoms with Crippen LogP contribution in [0.25, 0.3) is 5.57 Å². The van der Waals surface area contributed by atoms with Gasteiger partial charge in [0, 0.05) is 15.3 Å². The number of carbonyl (C=O) groups is 2. The summed E-state index contributed by atoms with van der Waals surface area (Å²) in [5.41, 5.74) is 2.41. The van der Waals surface area contributed by atoms with Crippen LogP contribution in [-0.2, 0) is 9.59 Å². The Bertz CT molecular complexity index is 920. The van der Waals surface area contributed by atoms with Gasteiger partial charge in [0.1, 0.15) is 0 Å². The number of benzene rings is 2. The maximum Gasteiger partial charge on any atom is 0.272 e. The monoisotopic (exact) mass is 405 g/mol. The number of hydrogen-bond donors (Lipinski definition) is 0. The minimum Gasteiger partial charge on any atom is -0.268 e. The van der Waals surface area contributed by atoms with Gasteiger partial charge in [0.25, 0.3) is 11.8 Å². The summed E-state index contributed by atoms with van der Waals surface area (Å²) in [4.78, 5) is 28.0. The van der Waals surface area contributed by atoms with Crippen molar-refractivity contribution < 1.29 is 9.59 Å². The Morgan fingerprint density at radius 3 is 2.15 bits per heavy atom. The van der Waals surface area contributed by atoms with Gasteiger partial charge in [-0.1, -0.05) is 55.2 Å². The number of thioether (sulfide) groups is 1. The van der Waals surface area contributed by atoms with Crippen molar-refractivity contribution in [2.24, 2.45) is 0 Å². The van der Waals surface area contributed by atoms with E-state index >= 15 is 0 Å². The van der Waals surface area contributed by atoms with Crippen molar-refractivity contribution in [3.63, 3.8) is 0 Å². The largest absolute Gasteiger partial charge is 0.272 e. The van der Waals surface area contributed by atoms with Crippen molar-refractivity contribution in [3.05, 3.63) is 68.5 Å². The zero-order valence-electron chi connectivity index (χ0n) is 14.5. The lowest BCUT2D eigenvalue weighted by molar-refractivity contribution is -0.119. The smallest absolute Gasteiger partial charge is 0.268 e. The van der Waals surface area contributed by atoms with Crippen LogP contribution in [-0.4, -0.2) is 17.1 Å². The van der Waals surface area contributed by atoms with E-state index in [-0.39, 0.29) is 17.1 Å². The predicted octanol–water partition coefficient (Wildman–Crippen LogP) is 5.73. The van der Waals surface area contributed by atoms with Crippen molar-refractivity contribution in [1.82, 2.24) is 0 Å². The molecule has 0 saturated heterocycles. The van der Waals surface area contributed by atoms with Gasteiger partial charge in [0.05, 0.1) is 16.2 Å². The van der Waals surface area contributed by atoms with Gasteiger partial charge in [0.2, 0.25) is 0 Å². The van der Waals surface area contributed by atoms with E-state index in [0.717, 1.165) is 5.56 Å². The van der Waals surface area contributed by atoms with E-state index in [2.05, 4.69) is 0 Å². The summed E-state index contributed by atoms with van der Waals surface area (Å²) in [6.45, 7) is 5.83. The Hall–Kier alpha value is -1.75. The van der Waals surface area contributed by atoms with Crippen LogP contribution in [0.1, 0.15) is 25.0 Å². The van der Waals surface area contributed by atoms with Crippen LogP contribution in [0.2, 0.25) is 10.0 Å². The third kappa shape index (κ3) is 3.54. The SMILES string of the molecule is Cc1ccc(Cl)cc1N1C(=O)C(SC(C)C)=C(c2ccc(Cl)cc2)C1=O. The summed E-state index contributed by atoms with van der Waals surface area (Å²) < 4.78 is 0. The molecule has 2 aromatic carbocycles. The third-order valence-electron chi connectivity index (χ3n) is 3.94. The Morgan fingerprint density at radius 2 is 1.54 bits per heavy atom. The standard InChI is InChI=1S/C20H17Cl2NO2S/c1-11(2)26-18-17(13-5-8-14(21)9-6-13)19(24)23(20(18)25)16-10-15(22)7-4-12(16)3/h4-11H,1-3H3. The predicted molar refractivity (Wildman–Crippen MR) is 110 cm³/mol. The molecule has 0 aliphatic carbocycles. The fraction of sp³-hybridized carbons (Fsp3) is 0.200. The number of rotatable bonds is 4. The molecule has 3 nitrogen and oxygen atoms in total. The van der Waals surface area contributed by atoms with E-state index < -0.39 is 0 Å². The molecule has 6 heteroatoms. The summed E-state index contributed by atoms with van der Waals surface area (Å²) in [6.07, 6.45) is 0. The second-order valence-corrected chi connectivity index (χ2v) is 8.71. The quantitative estimate of drug-likeness (QED) is 0.609. The van der Waals surface area contributed by atoms with E-state index in [1.54, 1.807) is 42.5 Å². The summed E-state index contributed by atoms with van der Waals surface area (Å²) in [7, 11) is 0. The maximum absolute atomic E-state index is 13.2. The number of nitrogens with zero attached hydrogens (tertiary/aromatic N) is 1. The van der Waals surface area contributed by atoms with Gasteiger partial charge in [-0.05, 0) is 42.3 Å². The van der Waals surface area contributed by atoms with Crippen LogP contribution in [0.3, 0.4) is 0 Å². The lowest BCUT2D eigenvalue weighted by atomic mass is 10.1. The molecule has 2 aromatic rings. The topological polar surface area (TPSA) is 37.4 Å². The highest BCUT2D eigenvalue weighted by molar-refractivity contribution is 8.04. The molecule has 1 heterocycles. The summed E-state index contributed by atoms with van der Waals surface area (Å²) in [5, 5.41) is 1.21. The second kappa shape index (κ2) is 7.47. The first-order valence-electron chi connectivity index (χ1n) is 8.11. The fourth-order valence-electron chi connectivity index (χ4n) is 2.77. The van der Waals surface area contributed by atoms with E-state index in [1.165, 1.54) is 16.7 Å². The third-order valence-corrected chi connectivity index (χ3v) is 5.51. The lowest BCUT2D eigenvalue weighted by Crippen LogP contribution is -2.32. The van der Waals surface area contributed by atoms with E-state index in [0.29, 0.717) is 31.8 Å². The molecule has 0 radical (unpaired) electrons. The average Bonchev–Trinajstić information content (AvgIpc) is 2.81. The van der Waals surface area contributed by atoms with Crippen molar-refractivity contribution >= 4 is 58.0 Å². The molecular formula is C20H17Cl2NO2S. The van der Waals surface area contributed by atoms with Gasteiger partial charge in [-0.15, -0.1) is 11.8 Å². The van der Waals surface area contributed by atoms with Crippen LogP contribution >= 0.6 is 35.0 Å². The lowest BCUT2D eigenvalue weighted by Gasteiger charge is -2.18. The van der Waals surface area contributed by atoms with Crippen LogP contribution in [0, 0.1) is 6.92 Å². The van der Waals surface area contributed by atoms with E-state index in [4.69, 9.17) is 23.2 Å². The molecular weight excluding hydrogens is 389 g/mol. The van der Waals surface area contributed by atoms with Crippen molar-refractivity contribution in [2.45, 2.75) is 26.0 Å². The Balaban J connectivity index is 2.14. The van der Waals surface area contributed by atoms with Crippen molar-refractivity contribution in [1.29, 1.82) is 0 Å². The van der Waals surface area contributed by atoms with Crippen LogP contribution < -0.4 is 4.90 Å². The van der Waals surface area contributed by atoms with Gasteiger partial charge in [-0.2, -0.15) is 0 Å². The molecule has 1 aliphatic heterocycles. The molecule has 0 spiro atoms. The summed E-state index contributed by atoms with van der Waals surface area (Å²) >= 11 is 13.5. The normalized spacial score (nSPS) is 14.8. The molecule has 2 amide bonds. The molecule has 0 N–H and O–H groups in total. The molecule has 0 bridgehead atoms. The van der Waals surface area contributed by atoms with Crippen LogP contribution in [0.15, 0.2) is 47.4 Å². The number of aryl methyl sites for hydroxylation is 1. The minimum atomic E-state index is -0.342. The number of hydrogen-bond acceptors (Lipinski definition) is 3. The summed E-state index contributed by atoms with van der Waals surface area (Å²) in [6, 6.07) is 12.1. The Kier molecular flexibility index (Phi) is 5.47. The van der Waals surface area contributed by atoms with Gasteiger partial charge in [-0.3, -0.25) is 9.59 Å². The number of carbonyl (C=O) groups excluding carboxylic acids is 2. The maximum atomic E-state index is 13.2. The van der Waals surface area contributed by atoms with Gasteiger partial charge in [0.15, 0.2) is 0 Å². The van der Waals surface area contributed by atoms with Crippen LogP contribution in [0.4, 0.5) is 5.69 Å². The molecule has 0 aromatic heterocycles. The number of imide groups is 1. The summed E-state index contributed by atoms with van der Waals surface area (Å²) in [5.74, 6) is -0.658. The van der Waals surface area contributed by atoms with Gasteiger partial charge in [-0.25, -0.2) is 4.90 Å². The molecule has 3 rings (SSSR count). The first-order valence-corrected chi connectivity index (χ1v) is 9.75. The van der Waals surface area contributed by atoms with E-state index in [9.17, 15) is 9.59 Å². The zero-order valence-corrected chi connectivity index (χ0v) is 16.9. The highest BCUT2D eigenvalue weighted by Gasteiger charge is 2.41. The minimum absolute atomic E-state index is 0.157. The molecule has 0 unspecified atom stereocenters. The zero-order chi connectivity index (χ0) is 19.0. The highest BCUT2D eigenvalue weighted by atomic mass is 35.5. The first kappa shape index (κ1) is 19.0. The van der Waals surface area contributed by atoms with Crippen LogP contribution in [0.5, 0.6) is 0 Å². The Labute approximate surface area is 167 Å². The fourth-order valence-corrected chi connectivity index (χ4v) is 4.05.